The summed E-state index contributed by atoms with van der Waals surface area (Å²) in [6.07, 6.45) is 0.186. The second-order valence-electron chi connectivity index (χ2n) is 7.78. The number of halogens is 1. The lowest BCUT2D eigenvalue weighted by molar-refractivity contribution is -0.938. The van der Waals surface area contributed by atoms with Crippen LogP contribution in [-0.2, 0) is 9.59 Å². The lowest BCUT2D eigenvalue weighted by Crippen LogP contribution is -2.61. The summed E-state index contributed by atoms with van der Waals surface area (Å²) in [6, 6.07) is 7.07. The van der Waals surface area contributed by atoms with E-state index in [1.807, 2.05) is 0 Å². The Bertz CT molecular complexity index is 732. The second kappa shape index (κ2) is 6.46. The maximum atomic E-state index is 12.7. The zero-order valence-electron chi connectivity index (χ0n) is 14.8. The third-order valence-electron chi connectivity index (χ3n) is 5.27. The van der Waals surface area contributed by atoms with Crippen molar-refractivity contribution < 1.29 is 19.2 Å². The number of carboxylic acids is 1. The molecule has 1 unspecified atom stereocenters. The van der Waals surface area contributed by atoms with Crippen LogP contribution in [0.15, 0.2) is 35.5 Å². The van der Waals surface area contributed by atoms with E-state index in [2.05, 4.69) is 14.1 Å². The summed E-state index contributed by atoms with van der Waals surface area (Å²) in [4.78, 5) is 26.3. The van der Waals surface area contributed by atoms with Crippen LogP contribution in [-0.4, -0.2) is 60.1 Å². The predicted molar refractivity (Wildman–Crippen MR) is 96.2 cm³/mol. The van der Waals surface area contributed by atoms with Crippen LogP contribution in [0.25, 0.3) is 0 Å². The van der Waals surface area contributed by atoms with Crippen molar-refractivity contribution in [2.24, 2.45) is 5.92 Å². The van der Waals surface area contributed by atoms with Gasteiger partial charge in [0, 0.05) is 29.6 Å². The van der Waals surface area contributed by atoms with Crippen LogP contribution in [0.3, 0.4) is 0 Å². The zero-order valence-corrected chi connectivity index (χ0v) is 15.6. The minimum absolute atomic E-state index is 0.000318. The van der Waals surface area contributed by atoms with Crippen LogP contribution in [0.5, 0.6) is 0 Å². The minimum Gasteiger partial charge on any atom is -0.478 e. The molecule has 1 amide bonds. The molecule has 0 aliphatic carbocycles. The van der Waals surface area contributed by atoms with Crippen molar-refractivity contribution in [1.29, 1.82) is 0 Å². The molecule has 5 nitrogen and oxygen atoms in total. The van der Waals surface area contributed by atoms with E-state index in [-0.39, 0.29) is 12.3 Å². The van der Waals surface area contributed by atoms with Gasteiger partial charge in [-0.05, 0) is 24.6 Å². The highest BCUT2D eigenvalue weighted by Gasteiger charge is 2.42. The van der Waals surface area contributed by atoms with Crippen LogP contribution in [0.2, 0.25) is 5.02 Å². The number of quaternary nitrogens is 1. The number of amides is 1. The van der Waals surface area contributed by atoms with E-state index in [4.69, 9.17) is 11.6 Å². The molecule has 1 N–H and O–H groups in total. The Kier molecular flexibility index (Phi) is 4.64. The van der Waals surface area contributed by atoms with E-state index in [9.17, 15) is 14.7 Å². The van der Waals surface area contributed by atoms with Crippen molar-refractivity contribution in [3.8, 4) is 0 Å². The zero-order chi connectivity index (χ0) is 18.4. The summed E-state index contributed by atoms with van der Waals surface area (Å²) in [5.41, 5.74) is 1.70. The Labute approximate surface area is 153 Å². The molecule has 0 saturated carbocycles. The van der Waals surface area contributed by atoms with Gasteiger partial charge in [0.05, 0.1) is 38.7 Å². The molecule has 6 heteroatoms. The van der Waals surface area contributed by atoms with Gasteiger partial charge in [-0.2, -0.15) is 0 Å². The number of carbonyl (C=O) groups is 2. The third kappa shape index (κ3) is 3.58. The van der Waals surface area contributed by atoms with Gasteiger partial charge < -0.3 is 14.5 Å². The van der Waals surface area contributed by atoms with Gasteiger partial charge >= 0.3 is 5.97 Å². The number of allylic oxidation sites excluding steroid dienone is 1. The molecule has 3 rings (SSSR count). The van der Waals surface area contributed by atoms with Gasteiger partial charge in [0.1, 0.15) is 0 Å². The molecule has 2 aliphatic heterocycles. The van der Waals surface area contributed by atoms with Crippen molar-refractivity contribution in [2.45, 2.75) is 19.3 Å². The Morgan fingerprint density at radius 2 is 1.88 bits per heavy atom. The van der Waals surface area contributed by atoms with Crippen molar-refractivity contribution in [3.63, 3.8) is 0 Å². The number of hydrogen-bond acceptors (Lipinski definition) is 2. The molecule has 1 aromatic rings. The molecule has 1 saturated heterocycles. The summed E-state index contributed by atoms with van der Waals surface area (Å²) < 4.78 is 0.953. The van der Waals surface area contributed by atoms with Crippen LogP contribution >= 0.6 is 11.6 Å². The van der Waals surface area contributed by atoms with E-state index < -0.39 is 11.9 Å². The first kappa shape index (κ1) is 18.0. The highest BCUT2D eigenvalue weighted by molar-refractivity contribution is 6.30. The van der Waals surface area contributed by atoms with E-state index in [0.29, 0.717) is 28.8 Å². The van der Waals surface area contributed by atoms with Gasteiger partial charge in [-0.15, -0.1) is 0 Å². The Morgan fingerprint density at radius 1 is 1.28 bits per heavy atom. The van der Waals surface area contributed by atoms with Crippen LogP contribution < -0.4 is 0 Å². The van der Waals surface area contributed by atoms with E-state index in [1.54, 1.807) is 36.1 Å². The lowest BCUT2D eigenvalue weighted by Gasteiger charge is -2.47. The molecule has 1 aromatic carbocycles. The molecule has 2 heterocycles. The van der Waals surface area contributed by atoms with Crippen molar-refractivity contribution in [1.82, 2.24) is 4.90 Å². The first-order valence-electron chi connectivity index (χ1n) is 8.50. The average Bonchev–Trinajstić information content (AvgIpc) is 2.49. The predicted octanol–water partition coefficient (Wildman–Crippen LogP) is 2.72. The lowest BCUT2D eigenvalue weighted by atomic mass is 9.83. The molecule has 0 bridgehead atoms. The largest absolute Gasteiger partial charge is 0.478 e. The van der Waals surface area contributed by atoms with Gasteiger partial charge in [-0.25, -0.2) is 4.79 Å². The monoisotopic (exact) mass is 363 g/mol. The first-order valence-corrected chi connectivity index (χ1v) is 8.87. The van der Waals surface area contributed by atoms with E-state index >= 15 is 0 Å². The molecular weight excluding hydrogens is 340 g/mol. The number of hydrogen-bond donors (Lipinski definition) is 1. The summed E-state index contributed by atoms with van der Waals surface area (Å²) in [5.74, 6) is -0.956. The van der Waals surface area contributed by atoms with E-state index in [0.717, 1.165) is 23.1 Å². The average molecular weight is 364 g/mol. The van der Waals surface area contributed by atoms with Gasteiger partial charge in [0.2, 0.25) is 5.91 Å². The SMILES string of the molecule is CC1=C(C(=O)O)C(c2ccc(Cl)cc2)CC(=O)N1CC1C[N+](C)(C)C1. The molecule has 1 fully saturated rings. The third-order valence-corrected chi connectivity index (χ3v) is 5.52. The highest BCUT2D eigenvalue weighted by atomic mass is 35.5. The van der Waals surface area contributed by atoms with Crippen molar-refractivity contribution >= 4 is 23.5 Å². The molecule has 134 valence electrons. The standard InChI is InChI=1S/C19H23ClN2O3/c1-12-18(19(24)25)16(14-4-6-15(20)7-5-14)8-17(23)21(12)9-13-10-22(2,3)11-13/h4-7,13,16H,8-11H2,1-3H3/p+1. The summed E-state index contributed by atoms with van der Waals surface area (Å²) in [5, 5.41) is 10.4. The van der Waals surface area contributed by atoms with Gasteiger partial charge in [0.15, 0.2) is 0 Å². The molecular formula is C19H24ClN2O3+. The van der Waals surface area contributed by atoms with Crippen LogP contribution in [0.4, 0.5) is 0 Å². The number of benzene rings is 1. The molecule has 1 atom stereocenters. The Balaban J connectivity index is 1.89. The molecule has 0 spiro atoms. The summed E-state index contributed by atoms with van der Waals surface area (Å²) in [7, 11) is 4.33. The van der Waals surface area contributed by atoms with Crippen LogP contribution in [0, 0.1) is 5.92 Å². The molecule has 25 heavy (non-hydrogen) atoms. The van der Waals surface area contributed by atoms with E-state index in [1.165, 1.54) is 0 Å². The number of rotatable bonds is 4. The number of carbonyl (C=O) groups excluding carboxylic acids is 1. The molecule has 2 aliphatic rings. The normalized spacial score (nSPS) is 23.6. The van der Waals surface area contributed by atoms with Gasteiger partial charge in [-0.3, -0.25) is 4.79 Å². The van der Waals surface area contributed by atoms with Crippen LogP contribution in [0.1, 0.15) is 24.8 Å². The number of likely N-dealkylation sites (tertiary alicyclic amines) is 1. The Hall–Kier alpha value is -1.85. The fraction of sp³-hybridized carbons (Fsp3) is 0.474. The molecule has 0 aromatic heterocycles. The minimum atomic E-state index is -0.959. The summed E-state index contributed by atoms with van der Waals surface area (Å²) >= 11 is 5.93. The van der Waals surface area contributed by atoms with Gasteiger partial charge in [-0.1, -0.05) is 23.7 Å². The topological polar surface area (TPSA) is 57.6 Å². The number of nitrogens with zero attached hydrogens (tertiary/aromatic N) is 2. The number of aliphatic carboxylic acids is 1. The first-order chi connectivity index (χ1) is 11.7. The fourth-order valence-corrected chi connectivity index (χ4v) is 4.34. The van der Waals surface area contributed by atoms with Crippen molar-refractivity contribution in [3.05, 3.63) is 46.1 Å². The van der Waals surface area contributed by atoms with Crippen molar-refractivity contribution in [2.75, 3.05) is 33.7 Å². The summed E-state index contributed by atoms with van der Waals surface area (Å²) in [6.45, 7) is 4.39. The smallest absolute Gasteiger partial charge is 0.333 e. The highest BCUT2D eigenvalue weighted by Crippen LogP contribution is 2.37. The maximum Gasteiger partial charge on any atom is 0.333 e. The van der Waals surface area contributed by atoms with Gasteiger partial charge in [0.25, 0.3) is 0 Å². The molecule has 0 radical (unpaired) electrons. The quantitative estimate of drug-likeness (QED) is 0.837. The maximum absolute atomic E-state index is 12.7. The second-order valence-corrected chi connectivity index (χ2v) is 8.22. The fourth-order valence-electron chi connectivity index (χ4n) is 4.21. The number of carboxylic acid groups (broad SMARTS) is 1. The Morgan fingerprint density at radius 3 is 2.40 bits per heavy atom.